The Morgan fingerprint density at radius 2 is 0.895 bits per heavy atom. The molecular weight excluding hydrogens is 232 g/mol. The van der Waals surface area contributed by atoms with E-state index in [0.717, 1.165) is 6.42 Å². The molecule has 0 amide bonds. The van der Waals surface area contributed by atoms with Gasteiger partial charge in [-0.3, -0.25) is 0 Å². The van der Waals surface area contributed by atoms with Crippen LogP contribution in [0.1, 0.15) is 111 Å². The molecule has 0 aromatic rings. The molecule has 1 heteroatoms. The summed E-state index contributed by atoms with van der Waals surface area (Å²) in [6, 6.07) is 0. The Balaban J connectivity index is 0. The second-order valence-corrected chi connectivity index (χ2v) is 5.82. The largest absolute Gasteiger partial charge is 0.393 e. The van der Waals surface area contributed by atoms with Crippen molar-refractivity contribution in [1.29, 1.82) is 0 Å². The summed E-state index contributed by atoms with van der Waals surface area (Å²) in [5.41, 5.74) is 0. The zero-order chi connectivity index (χ0) is 14.8. The quantitative estimate of drug-likeness (QED) is 0.403. The van der Waals surface area contributed by atoms with E-state index in [1.807, 2.05) is 6.92 Å². The van der Waals surface area contributed by atoms with Gasteiger partial charge < -0.3 is 5.11 Å². The van der Waals surface area contributed by atoms with E-state index < -0.39 is 0 Å². The lowest BCUT2D eigenvalue weighted by Gasteiger charge is -2.01. The van der Waals surface area contributed by atoms with Crippen molar-refractivity contribution in [3.05, 3.63) is 0 Å². The molecule has 0 aliphatic heterocycles. The minimum atomic E-state index is -0.0955. The van der Waals surface area contributed by atoms with Crippen molar-refractivity contribution in [2.75, 3.05) is 0 Å². The van der Waals surface area contributed by atoms with Crippen LogP contribution in [0.2, 0.25) is 0 Å². The first-order valence-corrected chi connectivity index (χ1v) is 8.87. The molecule has 19 heavy (non-hydrogen) atoms. The molecule has 0 aromatic heterocycles. The molecule has 1 nitrogen and oxygen atoms in total. The summed E-state index contributed by atoms with van der Waals surface area (Å²) in [5.74, 6) is 0. The molecule has 0 saturated heterocycles. The molecule has 0 fully saturated rings. The van der Waals surface area contributed by atoms with Crippen molar-refractivity contribution in [2.24, 2.45) is 0 Å². The lowest BCUT2D eigenvalue weighted by Crippen LogP contribution is -1.97. The highest BCUT2D eigenvalue weighted by molar-refractivity contribution is 4.47. The predicted molar refractivity (Wildman–Crippen MR) is 88.7 cm³/mol. The third-order valence-electron chi connectivity index (χ3n) is 3.43. The van der Waals surface area contributed by atoms with E-state index >= 15 is 0 Å². The Kier molecular flexibility index (Phi) is 22.7. The van der Waals surface area contributed by atoms with Crippen molar-refractivity contribution in [3.63, 3.8) is 0 Å². The Morgan fingerprint density at radius 1 is 0.579 bits per heavy atom. The maximum Gasteiger partial charge on any atom is 0.0512 e. The normalized spacial score (nSPS) is 11.8. The van der Waals surface area contributed by atoms with E-state index in [1.54, 1.807) is 0 Å². The molecule has 1 unspecified atom stereocenters. The highest BCUT2D eigenvalue weighted by Gasteiger charge is 1.93. The van der Waals surface area contributed by atoms with Crippen LogP contribution in [0.15, 0.2) is 0 Å². The highest BCUT2D eigenvalue weighted by Crippen LogP contribution is 2.07. The topological polar surface area (TPSA) is 20.2 Å². The molecule has 0 radical (unpaired) electrons. The first kappa shape index (κ1) is 21.3. The van der Waals surface area contributed by atoms with Crippen LogP contribution in [0.3, 0.4) is 0 Å². The smallest absolute Gasteiger partial charge is 0.0512 e. The van der Waals surface area contributed by atoms with Crippen molar-refractivity contribution in [3.8, 4) is 0 Å². The molecule has 0 aromatic carbocycles. The summed E-state index contributed by atoms with van der Waals surface area (Å²) in [6.45, 7) is 8.59. The van der Waals surface area contributed by atoms with Gasteiger partial charge in [0.25, 0.3) is 0 Å². The number of hydrogen-bond donors (Lipinski definition) is 1. The first-order chi connectivity index (χ1) is 9.18. The molecule has 0 heterocycles. The van der Waals surface area contributed by atoms with Gasteiger partial charge in [-0.2, -0.15) is 0 Å². The Labute approximate surface area is 123 Å². The third-order valence-corrected chi connectivity index (χ3v) is 3.43. The zero-order valence-corrected chi connectivity index (χ0v) is 14.2. The Morgan fingerprint density at radius 3 is 1.21 bits per heavy atom. The number of aliphatic hydroxyl groups is 1. The fourth-order valence-electron chi connectivity index (χ4n) is 2.07. The van der Waals surface area contributed by atoms with Gasteiger partial charge in [0.1, 0.15) is 0 Å². The summed E-state index contributed by atoms with van der Waals surface area (Å²) in [6.07, 6.45) is 17.4. The number of unbranched alkanes of at least 4 members (excludes halogenated alkanes) is 10. The van der Waals surface area contributed by atoms with Gasteiger partial charge >= 0.3 is 0 Å². The molecule has 0 aliphatic carbocycles. The Bertz CT molecular complexity index is 124. The minimum Gasteiger partial charge on any atom is -0.393 e. The van der Waals surface area contributed by atoms with Crippen LogP contribution < -0.4 is 0 Å². The van der Waals surface area contributed by atoms with E-state index in [9.17, 15) is 0 Å². The monoisotopic (exact) mass is 272 g/mol. The predicted octanol–water partition coefficient (Wildman–Crippen LogP) is 6.48. The van der Waals surface area contributed by atoms with Crippen LogP contribution in [0.5, 0.6) is 0 Å². The Hall–Kier alpha value is -0.0400. The zero-order valence-electron chi connectivity index (χ0n) is 14.2. The summed E-state index contributed by atoms with van der Waals surface area (Å²) in [4.78, 5) is 0. The SMILES string of the molecule is CCCCCCC(C)O.CCCCCCCCCC. The second kappa shape index (κ2) is 20.3. The molecule has 1 N–H and O–H groups in total. The molecule has 0 spiro atoms. The van der Waals surface area contributed by atoms with Crippen molar-refractivity contribution in [2.45, 2.75) is 117 Å². The minimum absolute atomic E-state index is 0.0955. The van der Waals surface area contributed by atoms with Crippen molar-refractivity contribution < 1.29 is 5.11 Å². The lowest BCUT2D eigenvalue weighted by molar-refractivity contribution is 0.180. The van der Waals surface area contributed by atoms with Gasteiger partial charge in [0, 0.05) is 0 Å². The van der Waals surface area contributed by atoms with Crippen LogP contribution in [0.4, 0.5) is 0 Å². The van der Waals surface area contributed by atoms with Crippen molar-refractivity contribution >= 4 is 0 Å². The number of hydrogen-bond acceptors (Lipinski definition) is 1. The molecular formula is C18H40O. The van der Waals surface area contributed by atoms with Gasteiger partial charge in [0.05, 0.1) is 6.10 Å². The van der Waals surface area contributed by atoms with Crippen molar-refractivity contribution in [1.82, 2.24) is 0 Å². The van der Waals surface area contributed by atoms with E-state index in [0.29, 0.717) is 0 Å². The first-order valence-electron chi connectivity index (χ1n) is 8.87. The molecule has 1 atom stereocenters. The van der Waals surface area contributed by atoms with Crippen LogP contribution in [0, 0.1) is 0 Å². The number of rotatable bonds is 12. The second-order valence-electron chi connectivity index (χ2n) is 5.82. The molecule has 0 saturated carbocycles. The highest BCUT2D eigenvalue weighted by atomic mass is 16.3. The summed E-state index contributed by atoms with van der Waals surface area (Å²) < 4.78 is 0. The van der Waals surface area contributed by atoms with Gasteiger partial charge in [-0.15, -0.1) is 0 Å². The van der Waals surface area contributed by atoms with Crippen LogP contribution in [-0.4, -0.2) is 11.2 Å². The summed E-state index contributed by atoms with van der Waals surface area (Å²) in [7, 11) is 0. The molecule has 0 bridgehead atoms. The average Bonchev–Trinajstić information content (AvgIpc) is 2.39. The van der Waals surface area contributed by atoms with Crippen LogP contribution >= 0.6 is 0 Å². The van der Waals surface area contributed by atoms with Gasteiger partial charge in [-0.1, -0.05) is 97.8 Å². The van der Waals surface area contributed by atoms with E-state index in [4.69, 9.17) is 5.11 Å². The van der Waals surface area contributed by atoms with Gasteiger partial charge in [0.15, 0.2) is 0 Å². The molecule has 118 valence electrons. The van der Waals surface area contributed by atoms with Gasteiger partial charge in [0.2, 0.25) is 0 Å². The van der Waals surface area contributed by atoms with E-state index in [-0.39, 0.29) is 6.10 Å². The maximum absolute atomic E-state index is 8.85. The molecule has 0 aliphatic rings. The fraction of sp³-hybridized carbons (Fsp3) is 1.00. The van der Waals surface area contributed by atoms with E-state index in [2.05, 4.69) is 20.8 Å². The maximum atomic E-state index is 8.85. The summed E-state index contributed by atoms with van der Waals surface area (Å²) >= 11 is 0. The third kappa shape index (κ3) is 27.2. The van der Waals surface area contributed by atoms with Gasteiger partial charge in [-0.05, 0) is 13.3 Å². The average molecular weight is 273 g/mol. The summed E-state index contributed by atoms with van der Waals surface area (Å²) in [5, 5.41) is 8.85. The van der Waals surface area contributed by atoms with Gasteiger partial charge in [-0.25, -0.2) is 0 Å². The molecule has 0 rings (SSSR count). The fourth-order valence-corrected chi connectivity index (χ4v) is 2.07. The lowest BCUT2D eigenvalue weighted by atomic mass is 10.1. The van der Waals surface area contributed by atoms with E-state index in [1.165, 1.54) is 77.0 Å². The van der Waals surface area contributed by atoms with Crippen LogP contribution in [0.25, 0.3) is 0 Å². The number of aliphatic hydroxyl groups excluding tert-OH is 1. The standard InChI is InChI=1S/C10H22.C8H18O/c1-3-5-7-9-10-8-6-4-2;1-3-4-5-6-7-8(2)9/h3-10H2,1-2H3;8-9H,3-7H2,1-2H3. The van der Waals surface area contributed by atoms with Crippen LogP contribution in [-0.2, 0) is 0 Å².